The van der Waals surface area contributed by atoms with Gasteiger partial charge >= 0.3 is 0 Å². The number of hydrogen-bond acceptors (Lipinski definition) is 3. The Morgan fingerprint density at radius 3 is 2.74 bits per heavy atom. The second kappa shape index (κ2) is 10.5. The summed E-state index contributed by atoms with van der Waals surface area (Å²) in [7, 11) is 0. The molecule has 1 atom stereocenters. The molecule has 1 unspecified atom stereocenters. The Morgan fingerprint density at radius 2 is 1.89 bits per heavy atom. The summed E-state index contributed by atoms with van der Waals surface area (Å²) < 4.78 is 5.87. The van der Waals surface area contributed by atoms with Gasteiger partial charge in [-0.15, -0.1) is 0 Å². The minimum atomic E-state index is -0.469. The van der Waals surface area contributed by atoms with Gasteiger partial charge < -0.3 is 9.84 Å². The number of aliphatic hydroxyl groups excluding tert-OH is 1. The molecule has 1 N–H and O–H groups in total. The summed E-state index contributed by atoms with van der Waals surface area (Å²) >= 11 is 0. The Labute approximate surface area is 164 Å². The first-order chi connectivity index (χ1) is 13.2. The fraction of sp³-hybridized carbons (Fsp3) is 0.500. The first-order valence-electron chi connectivity index (χ1n) is 10.4. The Kier molecular flexibility index (Phi) is 7.73. The van der Waals surface area contributed by atoms with Crippen molar-refractivity contribution in [2.24, 2.45) is 0 Å². The zero-order chi connectivity index (χ0) is 18.9. The number of ether oxygens (including phenoxy) is 1. The molecule has 3 nitrogen and oxygen atoms in total. The van der Waals surface area contributed by atoms with E-state index in [1.807, 2.05) is 6.07 Å². The van der Waals surface area contributed by atoms with Crippen molar-refractivity contribution in [1.29, 1.82) is 0 Å². The highest BCUT2D eigenvalue weighted by Crippen LogP contribution is 2.19. The van der Waals surface area contributed by atoms with Crippen molar-refractivity contribution in [2.45, 2.75) is 58.1 Å². The van der Waals surface area contributed by atoms with Crippen molar-refractivity contribution in [2.75, 3.05) is 19.7 Å². The minimum Gasteiger partial charge on any atom is -0.491 e. The lowest BCUT2D eigenvalue weighted by molar-refractivity contribution is 0.0637. The van der Waals surface area contributed by atoms with Gasteiger partial charge in [0.2, 0.25) is 0 Å². The van der Waals surface area contributed by atoms with E-state index in [1.54, 1.807) is 0 Å². The van der Waals surface area contributed by atoms with Gasteiger partial charge in [0, 0.05) is 19.6 Å². The van der Waals surface area contributed by atoms with Crippen LogP contribution in [0.15, 0.2) is 48.5 Å². The van der Waals surface area contributed by atoms with Crippen molar-refractivity contribution in [3.63, 3.8) is 0 Å². The highest BCUT2D eigenvalue weighted by atomic mass is 16.5. The molecule has 0 radical (unpaired) electrons. The summed E-state index contributed by atoms with van der Waals surface area (Å²) in [6.45, 7) is 5.16. The molecule has 1 heterocycles. The monoisotopic (exact) mass is 367 g/mol. The van der Waals surface area contributed by atoms with Crippen molar-refractivity contribution >= 4 is 0 Å². The fourth-order valence-corrected chi connectivity index (χ4v) is 3.80. The molecule has 1 aliphatic rings. The van der Waals surface area contributed by atoms with Gasteiger partial charge in [-0.25, -0.2) is 0 Å². The van der Waals surface area contributed by atoms with E-state index in [9.17, 15) is 5.11 Å². The largest absolute Gasteiger partial charge is 0.491 e. The van der Waals surface area contributed by atoms with Gasteiger partial charge in [0.15, 0.2) is 0 Å². The summed E-state index contributed by atoms with van der Waals surface area (Å²) in [5.41, 5.74) is 4.15. The zero-order valence-electron chi connectivity index (χ0n) is 16.6. The Morgan fingerprint density at radius 1 is 1.04 bits per heavy atom. The first-order valence-corrected chi connectivity index (χ1v) is 10.4. The second-order valence-corrected chi connectivity index (χ2v) is 7.68. The summed E-state index contributed by atoms with van der Waals surface area (Å²) in [4.78, 5) is 2.32. The third-order valence-corrected chi connectivity index (χ3v) is 5.34. The van der Waals surface area contributed by atoms with Crippen LogP contribution in [0, 0.1) is 0 Å². The van der Waals surface area contributed by atoms with E-state index >= 15 is 0 Å². The molecule has 27 heavy (non-hydrogen) atoms. The topological polar surface area (TPSA) is 32.7 Å². The molecule has 0 spiro atoms. The smallest absolute Gasteiger partial charge is 0.119 e. The molecule has 0 fully saturated rings. The SMILES string of the molecule is CCCCCCc1cccc(OCC(O)CN2CCc3ccccc3C2)c1. The maximum absolute atomic E-state index is 10.4. The molecule has 0 aromatic heterocycles. The average molecular weight is 368 g/mol. The molecule has 0 saturated carbocycles. The van der Waals surface area contributed by atoms with Crippen molar-refractivity contribution in [3.05, 3.63) is 65.2 Å². The van der Waals surface area contributed by atoms with Gasteiger partial charge in [0.05, 0.1) is 0 Å². The Bertz CT molecular complexity index is 700. The van der Waals surface area contributed by atoms with E-state index in [0.717, 1.165) is 31.7 Å². The predicted molar refractivity (Wildman–Crippen MR) is 111 cm³/mol. The molecule has 0 amide bonds. The molecule has 2 aromatic rings. The highest BCUT2D eigenvalue weighted by Gasteiger charge is 2.18. The molecular formula is C24H33NO2. The molecule has 0 aliphatic carbocycles. The van der Waals surface area contributed by atoms with E-state index in [-0.39, 0.29) is 0 Å². The number of hydrogen-bond donors (Lipinski definition) is 1. The number of aliphatic hydroxyl groups is 1. The number of unbranched alkanes of at least 4 members (excludes halogenated alkanes) is 3. The molecule has 1 aliphatic heterocycles. The van der Waals surface area contributed by atoms with Crippen LogP contribution >= 0.6 is 0 Å². The Hall–Kier alpha value is -1.84. The molecule has 0 saturated heterocycles. The third kappa shape index (κ3) is 6.37. The van der Waals surface area contributed by atoms with Gasteiger partial charge in [-0.05, 0) is 48.1 Å². The van der Waals surface area contributed by atoms with Gasteiger partial charge in [-0.2, -0.15) is 0 Å². The van der Waals surface area contributed by atoms with Gasteiger partial charge in [0.25, 0.3) is 0 Å². The minimum absolute atomic E-state index is 0.345. The van der Waals surface area contributed by atoms with E-state index < -0.39 is 6.10 Å². The van der Waals surface area contributed by atoms with Crippen LogP contribution in [0.4, 0.5) is 0 Å². The lowest BCUT2D eigenvalue weighted by Crippen LogP contribution is -2.38. The quantitative estimate of drug-likeness (QED) is 0.623. The first kappa shape index (κ1) is 19.9. The van der Waals surface area contributed by atoms with Crippen LogP contribution in [0.3, 0.4) is 0 Å². The summed E-state index contributed by atoms with van der Waals surface area (Å²) in [5.74, 6) is 0.867. The molecule has 0 bridgehead atoms. The molecular weight excluding hydrogens is 334 g/mol. The standard InChI is InChI=1S/C24H33NO2/c1-2-3-4-5-9-20-10-8-13-24(16-20)27-19-23(26)18-25-15-14-21-11-6-7-12-22(21)17-25/h6-8,10-13,16,23,26H,2-5,9,14-15,17-19H2,1H3. The molecule has 3 heteroatoms. The maximum Gasteiger partial charge on any atom is 0.119 e. The predicted octanol–water partition coefficient (Wildman–Crippen LogP) is 4.61. The fourth-order valence-electron chi connectivity index (χ4n) is 3.80. The van der Waals surface area contributed by atoms with Crippen LogP contribution in [-0.4, -0.2) is 35.8 Å². The maximum atomic E-state index is 10.4. The van der Waals surface area contributed by atoms with E-state index in [1.165, 1.54) is 42.4 Å². The number of fused-ring (bicyclic) bond motifs is 1. The normalized spacial score (nSPS) is 15.3. The van der Waals surface area contributed by atoms with Crippen LogP contribution in [0.2, 0.25) is 0 Å². The van der Waals surface area contributed by atoms with Gasteiger partial charge in [0.1, 0.15) is 18.5 Å². The number of rotatable bonds is 10. The van der Waals surface area contributed by atoms with Gasteiger partial charge in [-0.1, -0.05) is 62.6 Å². The summed E-state index contributed by atoms with van der Waals surface area (Å²) in [5, 5.41) is 10.4. The van der Waals surface area contributed by atoms with Crippen LogP contribution in [0.25, 0.3) is 0 Å². The number of aryl methyl sites for hydroxylation is 1. The van der Waals surface area contributed by atoms with Crippen molar-refractivity contribution < 1.29 is 9.84 Å². The zero-order valence-corrected chi connectivity index (χ0v) is 16.6. The molecule has 3 rings (SSSR count). The van der Waals surface area contributed by atoms with Gasteiger partial charge in [-0.3, -0.25) is 4.90 Å². The van der Waals surface area contributed by atoms with E-state index in [4.69, 9.17) is 4.74 Å². The third-order valence-electron chi connectivity index (χ3n) is 5.34. The van der Waals surface area contributed by atoms with Crippen LogP contribution in [0.1, 0.15) is 49.3 Å². The second-order valence-electron chi connectivity index (χ2n) is 7.68. The van der Waals surface area contributed by atoms with Crippen LogP contribution < -0.4 is 4.74 Å². The van der Waals surface area contributed by atoms with E-state index in [0.29, 0.717) is 13.2 Å². The lowest BCUT2D eigenvalue weighted by Gasteiger charge is -2.30. The summed E-state index contributed by atoms with van der Waals surface area (Å²) in [6, 6.07) is 16.9. The molecule has 2 aromatic carbocycles. The summed E-state index contributed by atoms with van der Waals surface area (Å²) in [6.07, 6.45) is 6.79. The molecule has 146 valence electrons. The number of benzene rings is 2. The van der Waals surface area contributed by atoms with E-state index in [2.05, 4.69) is 54.3 Å². The Balaban J connectivity index is 1.42. The number of nitrogens with zero attached hydrogens (tertiary/aromatic N) is 1. The van der Waals surface area contributed by atoms with Crippen molar-refractivity contribution in [3.8, 4) is 5.75 Å². The van der Waals surface area contributed by atoms with Crippen LogP contribution in [0.5, 0.6) is 5.75 Å². The average Bonchev–Trinajstić information content (AvgIpc) is 2.70. The highest BCUT2D eigenvalue weighted by molar-refractivity contribution is 5.29. The van der Waals surface area contributed by atoms with Crippen molar-refractivity contribution in [1.82, 2.24) is 4.90 Å². The number of β-amino-alcohol motifs (C(OH)–C–C–N with tert-alkyl or cyclic N) is 1. The lowest BCUT2D eigenvalue weighted by atomic mass is 10.00. The van der Waals surface area contributed by atoms with Crippen LogP contribution in [-0.2, 0) is 19.4 Å².